The summed E-state index contributed by atoms with van der Waals surface area (Å²) in [5, 5.41) is 11.2. The predicted molar refractivity (Wildman–Crippen MR) is 134 cm³/mol. The number of ether oxygens (including phenoxy) is 1. The van der Waals surface area contributed by atoms with Gasteiger partial charge in [-0.15, -0.1) is 0 Å². The number of amides is 1. The van der Waals surface area contributed by atoms with Gasteiger partial charge in [0.25, 0.3) is 0 Å². The maximum atomic E-state index is 13.7. The van der Waals surface area contributed by atoms with Crippen molar-refractivity contribution in [2.75, 3.05) is 52.2 Å². The lowest BCUT2D eigenvalue weighted by atomic mass is 9.96. The number of piperazine rings is 1. The van der Waals surface area contributed by atoms with Crippen LogP contribution >= 0.6 is 0 Å². The summed E-state index contributed by atoms with van der Waals surface area (Å²) in [6.07, 6.45) is 5.61. The molecule has 0 spiro atoms. The number of rotatable bonds is 7. The Morgan fingerprint density at radius 3 is 2.74 bits per heavy atom. The number of carbonyl (C=O) groups is 1. The number of H-pyrrole nitrogens is 2. The monoisotopic (exact) mass is 458 g/mol. The molecule has 1 amide bonds. The summed E-state index contributed by atoms with van der Waals surface area (Å²) in [5.74, 6) is 0.404. The van der Waals surface area contributed by atoms with Gasteiger partial charge in [-0.1, -0.05) is 24.3 Å². The van der Waals surface area contributed by atoms with Crippen molar-refractivity contribution in [2.45, 2.75) is 5.92 Å². The number of aromatic amines is 2. The van der Waals surface area contributed by atoms with E-state index in [1.165, 1.54) is 0 Å². The maximum absolute atomic E-state index is 13.7. The first-order valence-corrected chi connectivity index (χ1v) is 11.6. The zero-order valence-corrected chi connectivity index (χ0v) is 19.5. The van der Waals surface area contributed by atoms with Crippen LogP contribution in [0.4, 0.5) is 5.69 Å². The molecule has 1 atom stereocenters. The summed E-state index contributed by atoms with van der Waals surface area (Å²) in [7, 11) is 3.79. The highest BCUT2D eigenvalue weighted by molar-refractivity contribution is 6.07. The van der Waals surface area contributed by atoms with Crippen LogP contribution in [0.15, 0.2) is 61.1 Å². The fourth-order valence-corrected chi connectivity index (χ4v) is 4.60. The molecule has 1 aliphatic rings. The Morgan fingerprint density at radius 2 is 1.97 bits per heavy atom. The molecule has 1 saturated heterocycles. The number of para-hydroxylation sites is 1. The number of anilines is 1. The van der Waals surface area contributed by atoms with E-state index >= 15 is 0 Å². The number of nitrogens with one attached hydrogen (secondary N) is 3. The van der Waals surface area contributed by atoms with Gasteiger partial charge in [0, 0.05) is 61.6 Å². The Hall–Kier alpha value is -3.62. The third kappa shape index (κ3) is 4.55. The highest BCUT2D eigenvalue weighted by Gasteiger charge is 2.26. The largest absolute Gasteiger partial charge is 0.497 e. The van der Waals surface area contributed by atoms with Crippen molar-refractivity contribution < 1.29 is 9.53 Å². The van der Waals surface area contributed by atoms with E-state index in [0.717, 1.165) is 65.2 Å². The molecular formula is C26H30N6O2. The van der Waals surface area contributed by atoms with Crippen LogP contribution < -0.4 is 10.1 Å². The van der Waals surface area contributed by atoms with E-state index in [-0.39, 0.29) is 11.8 Å². The zero-order valence-electron chi connectivity index (χ0n) is 19.5. The molecule has 2 aromatic carbocycles. The normalized spacial score (nSPS) is 15.9. The van der Waals surface area contributed by atoms with E-state index in [4.69, 9.17) is 4.74 Å². The molecule has 8 heteroatoms. The average molecular weight is 459 g/mol. The van der Waals surface area contributed by atoms with Crippen LogP contribution in [0.25, 0.3) is 22.0 Å². The van der Waals surface area contributed by atoms with Crippen LogP contribution in [-0.2, 0) is 4.79 Å². The van der Waals surface area contributed by atoms with Gasteiger partial charge in [-0.3, -0.25) is 14.8 Å². The number of methoxy groups -OCH3 is 1. The van der Waals surface area contributed by atoms with Crippen molar-refractivity contribution in [3.05, 3.63) is 66.6 Å². The van der Waals surface area contributed by atoms with Crippen LogP contribution in [0, 0.1) is 0 Å². The molecule has 8 nitrogen and oxygen atoms in total. The van der Waals surface area contributed by atoms with Crippen LogP contribution in [0.2, 0.25) is 0 Å². The molecule has 0 aliphatic carbocycles. The third-order valence-electron chi connectivity index (χ3n) is 6.63. The van der Waals surface area contributed by atoms with Gasteiger partial charge in [-0.2, -0.15) is 5.10 Å². The van der Waals surface area contributed by atoms with Gasteiger partial charge in [0.1, 0.15) is 5.75 Å². The Labute approximate surface area is 198 Å². The fraction of sp³-hybridized carbons (Fsp3) is 0.308. The Balaban J connectivity index is 1.43. The first-order chi connectivity index (χ1) is 16.6. The van der Waals surface area contributed by atoms with Crippen LogP contribution in [0.5, 0.6) is 5.75 Å². The van der Waals surface area contributed by atoms with Gasteiger partial charge in [0.05, 0.1) is 30.4 Å². The lowest BCUT2D eigenvalue weighted by molar-refractivity contribution is -0.118. The van der Waals surface area contributed by atoms with Gasteiger partial charge >= 0.3 is 0 Å². The van der Waals surface area contributed by atoms with E-state index < -0.39 is 0 Å². The minimum Gasteiger partial charge on any atom is -0.497 e. The Kier molecular flexibility index (Phi) is 6.33. The molecule has 5 rings (SSSR count). The molecule has 1 unspecified atom stereocenters. The van der Waals surface area contributed by atoms with E-state index in [9.17, 15) is 4.79 Å². The fourth-order valence-electron chi connectivity index (χ4n) is 4.60. The number of hydrogen-bond acceptors (Lipinski definition) is 5. The number of carbonyl (C=O) groups excluding carboxylic acids is 1. The van der Waals surface area contributed by atoms with Gasteiger partial charge in [0.15, 0.2) is 0 Å². The van der Waals surface area contributed by atoms with Gasteiger partial charge in [-0.05, 0) is 30.8 Å². The van der Waals surface area contributed by atoms with Crippen LogP contribution in [-0.4, -0.2) is 77.8 Å². The summed E-state index contributed by atoms with van der Waals surface area (Å²) >= 11 is 0. The second-order valence-corrected chi connectivity index (χ2v) is 8.84. The number of fused-ring (bicyclic) bond motifs is 1. The molecule has 0 radical (unpaired) electrons. The summed E-state index contributed by atoms with van der Waals surface area (Å²) < 4.78 is 5.44. The maximum Gasteiger partial charge on any atom is 0.233 e. The summed E-state index contributed by atoms with van der Waals surface area (Å²) in [6.45, 7) is 4.57. The number of nitrogens with zero attached hydrogens (tertiary/aromatic N) is 3. The molecule has 3 heterocycles. The predicted octanol–water partition coefficient (Wildman–Crippen LogP) is 3.54. The summed E-state index contributed by atoms with van der Waals surface area (Å²) in [4.78, 5) is 21.7. The second-order valence-electron chi connectivity index (χ2n) is 8.84. The van der Waals surface area contributed by atoms with Crippen molar-refractivity contribution in [3.63, 3.8) is 0 Å². The molecule has 4 aromatic rings. The van der Waals surface area contributed by atoms with E-state index in [1.54, 1.807) is 13.3 Å². The molecule has 3 N–H and O–H groups in total. The third-order valence-corrected chi connectivity index (χ3v) is 6.63. The van der Waals surface area contributed by atoms with Crippen molar-refractivity contribution in [2.24, 2.45) is 0 Å². The molecular weight excluding hydrogens is 428 g/mol. The average Bonchev–Trinajstić information content (AvgIpc) is 3.54. The standard InChI is InChI=1S/C26H30N6O2/c1-31-9-11-32(12-10-31)17-23(18-5-3-6-20(13-18)34-2)26(33)30-24-8-4-7-21-22(16-27-25(21)24)19-14-28-29-15-19/h3-8,13-16,23,27H,9-12,17H2,1-2H3,(H,28,29)(H,30,33). The number of hydrogen-bond donors (Lipinski definition) is 3. The highest BCUT2D eigenvalue weighted by atomic mass is 16.5. The first-order valence-electron chi connectivity index (χ1n) is 11.6. The smallest absolute Gasteiger partial charge is 0.233 e. The molecule has 2 aromatic heterocycles. The van der Waals surface area contributed by atoms with Crippen LogP contribution in [0.3, 0.4) is 0 Å². The van der Waals surface area contributed by atoms with Gasteiger partial charge in [-0.25, -0.2) is 0 Å². The first kappa shape index (κ1) is 22.2. The lowest BCUT2D eigenvalue weighted by Crippen LogP contribution is -2.47. The summed E-state index contributed by atoms with van der Waals surface area (Å²) in [6, 6.07) is 13.8. The number of benzene rings is 2. The van der Waals surface area contributed by atoms with Crippen molar-refractivity contribution in [1.29, 1.82) is 0 Å². The summed E-state index contributed by atoms with van der Waals surface area (Å²) in [5.41, 5.74) is 4.66. The van der Waals surface area contributed by atoms with Crippen LogP contribution in [0.1, 0.15) is 11.5 Å². The topological polar surface area (TPSA) is 89.3 Å². The van der Waals surface area contributed by atoms with E-state index in [0.29, 0.717) is 6.54 Å². The number of aromatic nitrogens is 3. The number of likely N-dealkylation sites (N-methyl/N-ethyl adjacent to an activating group) is 1. The van der Waals surface area contributed by atoms with E-state index in [2.05, 4.69) is 37.3 Å². The molecule has 176 valence electrons. The van der Waals surface area contributed by atoms with Gasteiger partial charge in [0.2, 0.25) is 5.91 Å². The molecule has 1 aliphatic heterocycles. The van der Waals surface area contributed by atoms with E-state index in [1.807, 2.05) is 54.9 Å². The van der Waals surface area contributed by atoms with Crippen molar-refractivity contribution in [3.8, 4) is 16.9 Å². The minimum atomic E-state index is -0.322. The molecule has 0 bridgehead atoms. The quantitative estimate of drug-likeness (QED) is 0.394. The SMILES string of the molecule is COc1cccc(C(CN2CCN(C)CC2)C(=O)Nc2cccc3c(-c4cn[nH]c4)c[nH]c23)c1. The minimum absolute atomic E-state index is 0.0286. The van der Waals surface area contributed by atoms with Crippen molar-refractivity contribution in [1.82, 2.24) is 25.0 Å². The lowest BCUT2D eigenvalue weighted by Gasteiger charge is -2.34. The van der Waals surface area contributed by atoms with Crippen molar-refractivity contribution >= 4 is 22.5 Å². The van der Waals surface area contributed by atoms with Gasteiger partial charge < -0.3 is 19.9 Å². The molecule has 1 fully saturated rings. The molecule has 34 heavy (non-hydrogen) atoms. The Morgan fingerprint density at radius 1 is 1.15 bits per heavy atom. The Bertz CT molecular complexity index is 1260. The highest BCUT2D eigenvalue weighted by Crippen LogP contribution is 2.33. The zero-order chi connectivity index (χ0) is 23.5. The second kappa shape index (κ2) is 9.70. The molecule has 0 saturated carbocycles.